The molecule has 19 heteroatoms. The molecular weight excluding hydrogens is 688 g/mol. The smallest absolute Gasteiger partial charge is 0.317 e. The topological polar surface area (TPSA) is 290 Å². The molecule has 0 aromatic rings. The molecule has 3 saturated heterocycles. The average Bonchev–Trinajstić information content (AvgIpc) is 3.08. The Labute approximate surface area is 293 Å². The van der Waals surface area contributed by atoms with Gasteiger partial charge in [0.1, 0.15) is 49.1 Å². The third-order valence-corrected chi connectivity index (χ3v) is 10.8. The van der Waals surface area contributed by atoms with Gasteiger partial charge in [-0.05, 0) is 44.9 Å². The lowest BCUT2D eigenvalue weighted by atomic mass is 9.72. The summed E-state index contributed by atoms with van der Waals surface area (Å²) in [5.41, 5.74) is 0. The van der Waals surface area contributed by atoms with Crippen LogP contribution in [0.25, 0.3) is 0 Å². The molecule has 3 aliphatic heterocycles. The van der Waals surface area contributed by atoms with Crippen molar-refractivity contribution in [3.05, 3.63) is 0 Å². The van der Waals surface area contributed by atoms with E-state index in [1.54, 1.807) is 0 Å². The van der Waals surface area contributed by atoms with Crippen LogP contribution in [0.1, 0.15) is 45.4 Å². The van der Waals surface area contributed by atoms with E-state index >= 15 is 0 Å². The van der Waals surface area contributed by atoms with Crippen LogP contribution in [0.2, 0.25) is 0 Å². The van der Waals surface area contributed by atoms with Crippen LogP contribution in [0.4, 0.5) is 0 Å². The van der Waals surface area contributed by atoms with Crippen molar-refractivity contribution in [3.63, 3.8) is 0 Å². The van der Waals surface area contributed by atoms with Gasteiger partial charge in [0, 0.05) is 20.1 Å². The summed E-state index contributed by atoms with van der Waals surface area (Å²) in [5, 5.41) is 94.6. The minimum absolute atomic E-state index is 0.135. The summed E-state index contributed by atoms with van der Waals surface area (Å²) in [6.45, 7) is 0.848. The second-order valence-corrected chi connectivity index (χ2v) is 14.2. The fourth-order valence-electron chi connectivity index (χ4n) is 8.05. The summed E-state index contributed by atoms with van der Waals surface area (Å²) in [6.07, 6.45) is -21.2. The normalized spacial score (nSPS) is 49.2. The van der Waals surface area contributed by atoms with E-state index in [4.69, 9.17) is 43.0 Å². The molecule has 51 heavy (non-hydrogen) atoms. The number of ether oxygens (including phenoxy) is 8. The van der Waals surface area contributed by atoms with Gasteiger partial charge in [0.15, 0.2) is 18.7 Å². The number of methoxy groups -OCH3 is 2. The van der Waals surface area contributed by atoms with Gasteiger partial charge < -0.3 is 83.9 Å². The van der Waals surface area contributed by atoms with E-state index in [-0.39, 0.29) is 25.2 Å². The Balaban J connectivity index is 1.28. The van der Waals surface area contributed by atoms with Gasteiger partial charge in [-0.1, -0.05) is 0 Å². The van der Waals surface area contributed by atoms with Crippen LogP contribution in [0.15, 0.2) is 0 Å². The third-order valence-electron chi connectivity index (χ3n) is 10.8. The minimum Gasteiger partial charge on any atom is -0.481 e. The van der Waals surface area contributed by atoms with Crippen LogP contribution >= 0.6 is 0 Å². The van der Waals surface area contributed by atoms with E-state index in [2.05, 4.69) is 0 Å². The Bertz CT molecular complexity index is 1150. The highest BCUT2D eigenvalue weighted by molar-refractivity contribution is 5.90. The van der Waals surface area contributed by atoms with Crippen molar-refractivity contribution in [2.75, 3.05) is 20.8 Å². The second-order valence-electron chi connectivity index (χ2n) is 14.2. The van der Waals surface area contributed by atoms with Crippen molar-refractivity contribution in [2.45, 2.75) is 156 Å². The molecule has 2 aliphatic carbocycles. The van der Waals surface area contributed by atoms with E-state index in [0.29, 0.717) is 12.8 Å². The first-order valence-corrected chi connectivity index (χ1v) is 17.3. The Kier molecular flexibility index (Phi) is 13.7. The molecule has 0 bridgehead atoms. The van der Waals surface area contributed by atoms with Crippen molar-refractivity contribution >= 4 is 11.9 Å². The SMILES string of the molecule is COC1CC(C2OC3CC(O)CC(O)C3CC2O[C@@H]2O[C@H](CO[C@@H]3O[C@@H](C)[C@H](OC(=O)CC(=O)O)[C@@H](O)[C@H]3O)[C@@H](O)[C@H](O)[C@H]2O)CC(OC)C1O. The number of rotatable bonds is 11. The van der Waals surface area contributed by atoms with Crippen molar-refractivity contribution in [2.24, 2.45) is 11.8 Å². The predicted molar refractivity (Wildman–Crippen MR) is 164 cm³/mol. The molecule has 9 N–H and O–H groups in total. The second kappa shape index (κ2) is 17.2. The zero-order valence-electron chi connectivity index (χ0n) is 28.6. The lowest BCUT2D eigenvalue weighted by Crippen LogP contribution is -2.63. The Hall–Kier alpha value is -1.66. The zero-order chi connectivity index (χ0) is 37.3. The molecule has 0 aromatic carbocycles. The van der Waals surface area contributed by atoms with E-state index in [0.717, 1.165) is 0 Å². The number of carbonyl (C=O) groups excluding carboxylic acids is 1. The van der Waals surface area contributed by atoms with Gasteiger partial charge in [-0.15, -0.1) is 0 Å². The maximum Gasteiger partial charge on any atom is 0.317 e. The molecule has 5 aliphatic rings. The summed E-state index contributed by atoms with van der Waals surface area (Å²) >= 11 is 0. The first kappa shape index (κ1) is 40.5. The van der Waals surface area contributed by atoms with Crippen molar-refractivity contribution < 1.29 is 93.4 Å². The molecule has 3 heterocycles. The van der Waals surface area contributed by atoms with E-state index < -0.39 is 141 Å². The quantitative estimate of drug-likeness (QED) is 0.0724. The molecule has 19 nitrogen and oxygen atoms in total. The van der Waals surface area contributed by atoms with Gasteiger partial charge in [-0.25, -0.2) is 0 Å². The molecule has 18 atom stereocenters. The van der Waals surface area contributed by atoms with Gasteiger partial charge in [0.2, 0.25) is 0 Å². The molecule has 294 valence electrons. The molecule has 0 amide bonds. The van der Waals surface area contributed by atoms with Crippen LogP contribution in [0.5, 0.6) is 0 Å². The predicted octanol–water partition coefficient (Wildman–Crippen LogP) is -3.86. The summed E-state index contributed by atoms with van der Waals surface area (Å²) < 4.78 is 46.0. The van der Waals surface area contributed by atoms with Gasteiger partial charge in [-0.3, -0.25) is 9.59 Å². The van der Waals surface area contributed by atoms with Crippen LogP contribution in [0.3, 0.4) is 0 Å². The van der Waals surface area contributed by atoms with Crippen LogP contribution < -0.4 is 0 Å². The van der Waals surface area contributed by atoms with Gasteiger partial charge in [0.25, 0.3) is 0 Å². The van der Waals surface area contributed by atoms with Gasteiger partial charge in [-0.2, -0.15) is 0 Å². The summed E-state index contributed by atoms with van der Waals surface area (Å²) in [7, 11) is 2.94. The molecule has 0 radical (unpaired) electrons. The molecule has 2 saturated carbocycles. The summed E-state index contributed by atoms with van der Waals surface area (Å²) in [4.78, 5) is 22.7. The number of hydrogen-bond acceptors (Lipinski definition) is 18. The fraction of sp³-hybridized carbons (Fsp3) is 0.938. The largest absolute Gasteiger partial charge is 0.481 e. The maximum absolute atomic E-state index is 11.8. The minimum atomic E-state index is -1.79. The molecule has 8 unspecified atom stereocenters. The molecule has 0 aromatic heterocycles. The number of aliphatic hydroxyl groups is 8. The molecular formula is C32H52O19. The van der Waals surface area contributed by atoms with Crippen LogP contribution in [-0.2, 0) is 47.5 Å². The number of aliphatic hydroxyl groups excluding tert-OH is 8. The number of fused-ring (bicyclic) bond motifs is 1. The van der Waals surface area contributed by atoms with Crippen molar-refractivity contribution in [1.29, 1.82) is 0 Å². The number of aliphatic carboxylic acids is 1. The first-order valence-electron chi connectivity index (χ1n) is 17.3. The van der Waals surface area contributed by atoms with E-state index in [1.807, 2.05) is 0 Å². The highest BCUT2D eigenvalue weighted by Gasteiger charge is 2.53. The van der Waals surface area contributed by atoms with Crippen LogP contribution in [-0.4, -0.2) is 189 Å². The Morgan fingerprint density at radius 3 is 1.98 bits per heavy atom. The molecule has 5 fully saturated rings. The van der Waals surface area contributed by atoms with Crippen LogP contribution in [0, 0.1) is 11.8 Å². The van der Waals surface area contributed by atoms with Gasteiger partial charge >= 0.3 is 11.9 Å². The summed E-state index contributed by atoms with van der Waals surface area (Å²) in [5.74, 6) is -3.36. The maximum atomic E-state index is 11.8. The number of hydrogen-bond donors (Lipinski definition) is 9. The lowest BCUT2D eigenvalue weighted by molar-refractivity contribution is -0.346. The highest BCUT2D eigenvalue weighted by Crippen LogP contribution is 2.44. The number of esters is 1. The number of carbonyl (C=O) groups is 2. The van der Waals surface area contributed by atoms with E-state index in [1.165, 1.54) is 21.1 Å². The Morgan fingerprint density at radius 2 is 1.35 bits per heavy atom. The first-order chi connectivity index (χ1) is 24.1. The average molecular weight is 741 g/mol. The fourth-order valence-corrected chi connectivity index (χ4v) is 8.05. The molecule has 0 spiro atoms. The standard InChI is InChI=1S/C32H52O19/c1-11-29(51-22(37)9-21(35)36)26(41)28(43)31(47-11)46-10-20-24(39)25(40)27(42)32(50-20)49-19-8-14-15(34)6-13(33)7-16(14)48-30(19)12-4-17(44-2)23(38)18(5-12)45-3/h11-20,23-34,38-43H,4-10H2,1-3H3,(H,35,36)/t11-,12?,13?,14?,15?,16?,17?,18?,19?,20+,23?,24+,25-,26-,27+,28+,29-,30?,31+,32+/m0/s1. The van der Waals surface area contributed by atoms with E-state index in [9.17, 15) is 50.4 Å². The van der Waals surface area contributed by atoms with Gasteiger partial charge in [0.05, 0.1) is 55.4 Å². The zero-order valence-corrected chi connectivity index (χ0v) is 28.6. The highest BCUT2D eigenvalue weighted by atomic mass is 16.7. The van der Waals surface area contributed by atoms with Crippen molar-refractivity contribution in [3.8, 4) is 0 Å². The monoisotopic (exact) mass is 740 g/mol. The lowest BCUT2D eigenvalue weighted by Gasteiger charge is -2.52. The number of carboxylic acid groups (broad SMARTS) is 1. The Morgan fingerprint density at radius 1 is 0.706 bits per heavy atom. The summed E-state index contributed by atoms with van der Waals surface area (Å²) in [6, 6.07) is 0. The van der Waals surface area contributed by atoms with Crippen molar-refractivity contribution in [1.82, 2.24) is 0 Å². The number of carboxylic acids is 1. The third kappa shape index (κ3) is 9.01. The molecule has 5 rings (SSSR count).